The smallest absolute Gasteiger partial charge is 0.360 e. The number of hydrogen-bond acceptors (Lipinski definition) is 7. The van der Waals surface area contributed by atoms with Crippen molar-refractivity contribution in [2.75, 3.05) is 11.9 Å². The summed E-state index contributed by atoms with van der Waals surface area (Å²) >= 11 is 3.04. The van der Waals surface area contributed by atoms with E-state index in [1.54, 1.807) is 29.9 Å². The lowest BCUT2D eigenvalue weighted by molar-refractivity contribution is -0.137. The molecule has 29 heavy (non-hydrogen) atoms. The van der Waals surface area contributed by atoms with Crippen LogP contribution in [0.2, 0.25) is 0 Å². The first-order chi connectivity index (χ1) is 13.9. The summed E-state index contributed by atoms with van der Waals surface area (Å²) in [5, 5.41) is 4.80. The van der Waals surface area contributed by atoms with Gasteiger partial charge >= 0.3 is 6.18 Å². The van der Waals surface area contributed by atoms with Crippen LogP contribution in [-0.2, 0) is 12.6 Å². The highest BCUT2D eigenvalue weighted by Gasteiger charge is 2.29. The van der Waals surface area contributed by atoms with Gasteiger partial charge in [-0.05, 0) is 30.2 Å². The summed E-state index contributed by atoms with van der Waals surface area (Å²) in [7, 11) is 0. The molecule has 10 heteroatoms. The second-order valence-corrected chi connectivity index (χ2v) is 8.49. The molecule has 0 bridgehead atoms. The van der Waals surface area contributed by atoms with Crippen LogP contribution in [-0.4, -0.2) is 27.5 Å². The van der Waals surface area contributed by atoms with Crippen LogP contribution >= 0.6 is 22.7 Å². The number of pyridine rings is 1. The quantitative estimate of drug-likeness (QED) is 0.454. The summed E-state index contributed by atoms with van der Waals surface area (Å²) in [4.78, 5) is 14.0. The topological polar surface area (TPSA) is 76.7 Å². The molecule has 0 saturated carbocycles. The Kier molecular flexibility index (Phi) is 5.48. The van der Waals surface area contributed by atoms with E-state index in [0.717, 1.165) is 42.9 Å². The van der Waals surface area contributed by atoms with E-state index in [1.165, 1.54) is 23.5 Å². The normalized spacial score (nSPS) is 13.0. The van der Waals surface area contributed by atoms with Crippen LogP contribution in [0.1, 0.15) is 11.1 Å². The van der Waals surface area contributed by atoms with E-state index in [0.29, 0.717) is 13.0 Å². The van der Waals surface area contributed by atoms with Gasteiger partial charge in [-0.25, -0.2) is 9.97 Å². The third-order valence-corrected chi connectivity index (χ3v) is 6.33. The number of thiazole rings is 2. The summed E-state index contributed by atoms with van der Waals surface area (Å²) in [6.07, 6.45) is 1.40. The molecule has 0 aliphatic rings. The lowest BCUT2D eigenvalue weighted by atomic mass is 10.0. The molecule has 1 atom stereocenters. The van der Waals surface area contributed by atoms with Gasteiger partial charge in [0.05, 0.1) is 26.9 Å². The number of hydrogen-bond donors (Lipinski definition) is 2. The van der Waals surface area contributed by atoms with Gasteiger partial charge in [-0.3, -0.25) is 4.98 Å². The maximum atomic E-state index is 12.6. The van der Waals surface area contributed by atoms with Crippen molar-refractivity contribution >= 4 is 38.0 Å². The fourth-order valence-corrected chi connectivity index (χ4v) is 4.56. The summed E-state index contributed by atoms with van der Waals surface area (Å²) in [6.45, 7) is 0.456. The van der Waals surface area contributed by atoms with Crippen LogP contribution in [0.5, 0.6) is 0 Å². The summed E-state index contributed by atoms with van der Waals surface area (Å²) in [5.74, 6) is 0. The molecule has 0 fully saturated rings. The number of halogens is 3. The highest BCUT2D eigenvalue weighted by molar-refractivity contribution is 7.26. The number of nitrogens with zero attached hydrogens (tertiary/aromatic N) is 3. The van der Waals surface area contributed by atoms with Crippen LogP contribution in [0, 0.1) is 0 Å². The number of alkyl halides is 3. The average molecular weight is 436 g/mol. The van der Waals surface area contributed by atoms with Crippen molar-refractivity contribution in [2.45, 2.75) is 18.6 Å². The number of nitrogens with two attached hydrogens (primary N) is 1. The second-order valence-electron chi connectivity index (χ2n) is 6.43. The predicted molar refractivity (Wildman–Crippen MR) is 110 cm³/mol. The van der Waals surface area contributed by atoms with Gasteiger partial charge in [0.1, 0.15) is 5.01 Å². The van der Waals surface area contributed by atoms with Crippen molar-refractivity contribution in [2.24, 2.45) is 5.73 Å². The monoisotopic (exact) mass is 435 g/mol. The average Bonchev–Trinajstić information content (AvgIpc) is 3.33. The Labute approximate surface area is 172 Å². The molecule has 1 aromatic carbocycles. The van der Waals surface area contributed by atoms with Gasteiger partial charge in [-0.1, -0.05) is 23.5 Å². The zero-order chi connectivity index (χ0) is 20.4. The largest absolute Gasteiger partial charge is 0.416 e. The zero-order valence-electron chi connectivity index (χ0n) is 15.0. The molecule has 1 unspecified atom stereocenters. The van der Waals surface area contributed by atoms with Gasteiger partial charge in [-0.2, -0.15) is 13.2 Å². The molecular formula is C19H16F3N5S2. The van der Waals surface area contributed by atoms with E-state index >= 15 is 0 Å². The molecule has 5 nitrogen and oxygen atoms in total. The lowest BCUT2D eigenvalue weighted by Crippen LogP contribution is -2.31. The van der Waals surface area contributed by atoms with Gasteiger partial charge in [0.2, 0.25) is 0 Å². The Bertz CT molecular complexity index is 1070. The third kappa shape index (κ3) is 4.72. The maximum absolute atomic E-state index is 12.6. The van der Waals surface area contributed by atoms with E-state index in [-0.39, 0.29) is 6.04 Å². The van der Waals surface area contributed by atoms with E-state index in [9.17, 15) is 13.2 Å². The Balaban J connectivity index is 1.34. The van der Waals surface area contributed by atoms with Crippen LogP contribution < -0.4 is 11.1 Å². The predicted octanol–water partition coefficient (Wildman–Crippen LogP) is 4.82. The van der Waals surface area contributed by atoms with Crippen molar-refractivity contribution in [1.82, 2.24) is 15.0 Å². The molecule has 3 N–H and O–H groups in total. The number of benzene rings is 1. The Morgan fingerprint density at radius 3 is 2.59 bits per heavy atom. The van der Waals surface area contributed by atoms with E-state index in [2.05, 4.69) is 20.3 Å². The van der Waals surface area contributed by atoms with Gasteiger partial charge in [0.15, 0.2) is 5.13 Å². The minimum absolute atomic E-state index is 0.257. The molecule has 4 rings (SSSR count). The second kappa shape index (κ2) is 8.05. The fourth-order valence-electron chi connectivity index (χ4n) is 2.76. The Morgan fingerprint density at radius 2 is 1.86 bits per heavy atom. The highest BCUT2D eigenvalue weighted by Crippen LogP contribution is 2.34. The Hall–Kier alpha value is -2.56. The van der Waals surface area contributed by atoms with Gasteiger partial charge in [0.25, 0.3) is 0 Å². The minimum Gasteiger partial charge on any atom is -0.360 e. The van der Waals surface area contributed by atoms with Crippen molar-refractivity contribution in [1.29, 1.82) is 0 Å². The summed E-state index contributed by atoms with van der Waals surface area (Å²) < 4.78 is 38.9. The van der Waals surface area contributed by atoms with E-state index in [4.69, 9.17) is 5.73 Å². The van der Waals surface area contributed by atoms with E-state index in [1.807, 2.05) is 6.07 Å². The molecule has 0 amide bonds. The SMILES string of the molecule is NC(CNc1ncc(-c2nc3ccncc3s2)s1)Cc1ccc(C(F)(F)F)cc1. The number of rotatable bonds is 6. The first-order valence-corrected chi connectivity index (χ1v) is 10.3. The number of aromatic nitrogens is 3. The van der Waals surface area contributed by atoms with Crippen LogP contribution in [0.25, 0.3) is 20.1 Å². The molecule has 0 aliphatic heterocycles. The van der Waals surface area contributed by atoms with Gasteiger partial charge in [0, 0.05) is 25.0 Å². The molecule has 3 aromatic heterocycles. The van der Waals surface area contributed by atoms with Crippen molar-refractivity contribution in [3.8, 4) is 9.88 Å². The van der Waals surface area contributed by atoms with Crippen molar-refractivity contribution < 1.29 is 13.2 Å². The number of nitrogens with one attached hydrogen (secondary N) is 1. The van der Waals surface area contributed by atoms with Crippen molar-refractivity contribution in [3.63, 3.8) is 0 Å². The Morgan fingerprint density at radius 1 is 1.07 bits per heavy atom. The fraction of sp³-hybridized carbons (Fsp3) is 0.211. The molecule has 0 saturated heterocycles. The highest BCUT2D eigenvalue weighted by atomic mass is 32.1. The van der Waals surface area contributed by atoms with Crippen LogP contribution in [0.4, 0.5) is 18.3 Å². The molecule has 150 valence electrons. The molecule has 0 spiro atoms. The molecule has 0 radical (unpaired) electrons. The van der Waals surface area contributed by atoms with Gasteiger partial charge < -0.3 is 11.1 Å². The molecule has 3 heterocycles. The third-order valence-electron chi connectivity index (χ3n) is 4.20. The first kappa shape index (κ1) is 19.7. The van der Waals surface area contributed by atoms with Gasteiger partial charge in [-0.15, -0.1) is 11.3 Å². The minimum atomic E-state index is -4.33. The standard InChI is InChI=1S/C19H16F3N5S2/c20-19(21,22)12-3-1-11(2-4-12)7-13(23)8-25-18-26-10-16(29-18)17-27-14-5-6-24-9-15(14)28-17/h1-6,9-10,13H,7-8,23H2,(H,25,26). The summed E-state index contributed by atoms with van der Waals surface area (Å²) in [6, 6.07) is 6.70. The first-order valence-electron chi connectivity index (χ1n) is 8.71. The van der Waals surface area contributed by atoms with Crippen LogP contribution in [0.3, 0.4) is 0 Å². The molecule has 4 aromatic rings. The lowest BCUT2D eigenvalue weighted by Gasteiger charge is -2.13. The van der Waals surface area contributed by atoms with Crippen LogP contribution in [0.15, 0.2) is 48.9 Å². The zero-order valence-corrected chi connectivity index (χ0v) is 16.6. The molecule has 0 aliphatic carbocycles. The number of anilines is 1. The van der Waals surface area contributed by atoms with Crippen molar-refractivity contribution in [3.05, 3.63) is 60.0 Å². The molecular weight excluding hydrogens is 419 g/mol. The summed E-state index contributed by atoms with van der Waals surface area (Å²) in [5.41, 5.74) is 7.13. The van der Waals surface area contributed by atoms with E-state index < -0.39 is 11.7 Å². The maximum Gasteiger partial charge on any atom is 0.416 e. The number of fused-ring (bicyclic) bond motifs is 1.